The molecule has 204 valence electrons. The van der Waals surface area contributed by atoms with Crippen LogP contribution in [0.1, 0.15) is 55.8 Å². The number of ether oxygens (including phenoxy) is 1. The molecule has 0 spiro atoms. The molecule has 0 aromatic carbocycles. The highest BCUT2D eigenvalue weighted by molar-refractivity contribution is 5.78. The molecule has 1 aliphatic heterocycles. The van der Waals surface area contributed by atoms with Crippen LogP contribution < -0.4 is 10.1 Å². The minimum absolute atomic E-state index is 0.0815. The van der Waals surface area contributed by atoms with Gasteiger partial charge in [-0.15, -0.1) is 0 Å². The molecule has 7 nitrogen and oxygen atoms in total. The van der Waals surface area contributed by atoms with Gasteiger partial charge in [-0.3, -0.25) is 4.79 Å². The first-order valence-electron chi connectivity index (χ1n) is 12.9. The summed E-state index contributed by atoms with van der Waals surface area (Å²) < 4.78 is 61.8. The Labute approximate surface area is 214 Å². The number of pyridine rings is 1. The van der Waals surface area contributed by atoms with Gasteiger partial charge in [-0.25, -0.2) is 22.8 Å². The van der Waals surface area contributed by atoms with Crippen LogP contribution in [0.15, 0.2) is 18.3 Å². The number of nitrogens with one attached hydrogen (secondary N) is 1. The topological polar surface area (TPSA) is 72.3 Å². The van der Waals surface area contributed by atoms with E-state index in [1.165, 1.54) is 13.2 Å². The lowest BCUT2D eigenvalue weighted by molar-refractivity contribution is -0.121. The van der Waals surface area contributed by atoms with Crippen LogP contribution in [0.25, 0.3) is 0 Å². The number of rotatable bonds is 9. The lowest BCUT2D eigenvalue weighted by Gasteiger charge is -2.35. The van der Waals surface area contributed by atoms with E-state index in [4.69, 9.17) is 4.74 Å². The Bertz CT molecular complexity index is 1080. The number of alkyl halides is 3. The average molecular weight is 526 g/mol. The van der Waals surface area contributed by atoms with Gasteiger partial charge in [-0.1, -0.05) is 6.07 Å². The second kappa shape index (κ2) is 11.4. The number of aromatic nitrogens is 3. The normalized spacial score (nSPS) is 22.8. The Morgan fingerprint density at radius 1 is 1.24 bits per heavy atom. The Kier molecular flexibility index (Phi) is 8.40. The van der Waals surface area contributed by atoms with Gasteiger partial charge < -0.3 is 15.0 Å². The molecular formula is C26H35F4N5O2. The van der Waals surface area contributed by atoms with Crippen molar-refractivity contribution in [2.24, 2.45) is 7.05 Å². The van der Waals surface area contributed by atoms with Crippen LogP contribution in [0.5, 0.6) is 5.88 Å². The number of halogens is 4. The van der Waals surface area contributed by atoms with Gasteiger partial charge in [0.15, 0.2) is 6.61 Å². The van der Waals surface area contributed by atoms with E-state index in [2.05, 4.69) is 20.3 Å². The van der Waals surface area contributed by atoms with Gasteiger partial charge in [-0.05, 0) is 44.1 Å². The molecule has 1 aliphatic carbocycles. The van der Waals surface area contributed by atoms with Crippen molar-refractivity contribution < 1.29 is 27.1 Å². The van der Waals surface area contributed by atoms with Crippen LogP contribution in [-0.4, -0.2) is 69.4 Å². The van der Waals surface area contributed by atoms with Crippen molar-refractivity contribution >= 4 is 5.91 Å². The number of carbonyl (C=O) groups excluding carboxylic acids is 1. The molecule has 0 atom stereocenters. The van der Waals surface area contributed by atoms with Gasteiger partial charge >= 0.3 is 0 Å². The summed E-state index contributed by atoms with van der Waals surface area (Å²) in [6, 6.07) is 3.39. The van der Waals surface area contributed by atoms with E-state index in [0.717, 1.165) is 35.8 Å². The summed E-state index contributed by atoms with van der Waals surface area (Å²) >= 11 is 0. The van der Waals surface area contributed by atoms with Crippen molar-refractivity contribution in [3.63, 3.8) is 0 Å². The summed E-state index contributed by atoms with van der Waals surface area (Å²) in [6.07, 6.45) is 4.94. The van der Waals surface area contributed by atoms with Gasteiger partial charge in [-0.2, -0.15) is 9.49 Å². The van der Waals surface area contributed by atoms with E-state index >= 15 is 4.39 Å². The maximum absolute atomic E-state index is 15.5. The van der Waals surface area contributed by atoms with Crippen molar-refractivity contribution in [1.82, 2.24) is 25.0 Å². The predicted octanol–water partition coefficient (Wildman–Crippen LogP) is 3.79. The minimum atomic E-state index is -2.92. The first-order chi connectivity index (χ1) is 17.5. The summed E-state index contributed by atoms with van der Waals surface area (Å²) in [5.74, 6) is -3.52. The van der Waals surface area contributed by atoms with E-state index in [9.17, 15) is 18.0 Å². The molecule has 37 heavy (non-hydrogen) atoms. The molecular weight excluding hydrogens is 490 g/mol. The molecule has 2 aromatic rings. The number of fused-ring (bicyclic) bond motifs is 1. The van der Waals surface area contributed by atoms with Gasteiger partial charge in [0, 0.05) is 63.4 Å². The summed E-state index contributed by atoms with van der Waals surface area (Å²) in [6.45, 7) is 2.21. The van der Waals surface area contributed by atoms with Gasteiger partial charge in [0.25, 0.3) is 5.92 Å². The molecule has 0 saturated heterocycles. The number of hydrogen-bond donors (Lipinski definition) is 1. The zero-order valence-corrected chi connectivity index (χ0v) is 21.4. The highest BCUT2D eigenvalue weighted by Gasteiger charge is 2.36. The fraction of sp³-hybridized carbons (Fsp3) is 0.654. The van der Waals surface area contributed by atoms with Crippen LogP contribution in [0.2, 0.25) is 0 Å². The Morgan fingerprint density at radius 3 is 2.65 bits per heavy atom. The van der Waals surface area contributed by atoms with Crippen molar-refractivity contribution in [2.75, 3.05) is 26.2 Å². The Balaban J connectivity index is 1.20. The summed E-state index contributed by atoms with van der Waals surface area (Å²) in [7, 11) is 1.48. The molecule has 1 fully saturated rings. The van der Waals surface area contributed by atoms with Crippen molar-refractivity contribution in [3.05, 3.63) is 41.1 Å². The summed E-state index contributed by atoms with van der Waals surface area (Å²) in [5, 5.41) is 6.71. The lowest BCUT2D eigenvalue weighted by atomic mass is 9.81. The zero-order chi connectivity index (χ0) is 26.6. The smallest absolute Gasteiger partial charge is 0.278 e. The second-order valence-corrected chi connectivity index (χ2v) is 10.5. The Hall–Kier alpha value is -2.69. The van der Waals surface area contributed by atoms with Gasteiger partial charge in [0.1, 0.15) is 5.67 Å². The third kappa shape index (κ3) is 7.66. The van der Waals surface area contributed by atoms with Crippen molar-refractivity contribution in [3.8, 4) is 5.88 Å². The highest BCUT2D eigenvalue weighted by atomic mass is 19.3. The van der Waals surface area contributed by atoms with E-state index in [0.29, 0.717) is 51.6 Å². The molecule has 1 saturated carbocycles. The standard InChI is InChI=1S/C26H35F4N5O2/c1-25(28,29)17-37-23-4-3-18-7-12-35(13-8-21(18)33-23)14-11-26(30)9-5-20(6-10-26)32-22(36)15-19-16-31-34(2)24(19)27/h3-4,16,20H,5-15,17H2,1-2H3,(H,32,36)/t20-,26+. The molecule has 1 N–H and O–H groups in total. The van der Waals surface area contributed by atoms with Crippen LogP contribution >= 0.6 is 0 Å². The maximum atomic E-state index is 15.5. The quantitative estimate of drug-likeness (QED) is 0.505. The molecule has 2 aromatic heterocycles. The third-order valence-electron chi connectivity index (χ3n) is 7.29. The zero-order valence-electron chi connectivity index (χ0n) is 21.4. The molecule has 0 unspecified atom stereocenters. The minimum Gasteiger partial charge on any atom is -0.471 e. The first kappa shape index (κ1) is 27.3. The number of nitrogens with zero attached hydrogens (tertiary/aromatic N) is 4. The molecule has 0 bridgehead atoms. The molecule has 2 aliphatic rings. The van der Waals surface area contributed by atoms with Crippen LogP contribution in [0.4, 0.5) is 17.6 Å². The average Bonchev–Trinajstić information content (AvgIpc) is 3.04. The highest BCUT2D eigenvalue weighted by Crippen LogP contribution is 2.35. The number of amides is 1. The van der Waals surface area contributed by atoms with Crippen LogP contribution in [0, 0.1) is 5.95 Å². The SMILES string of the molecule is Cn1ncc(CC(=O)N[C@H]2CC[C@](F)(CCN3CCc4ccc(OCC(C)(F)F)nc4CC3)CC2)c1F. The molecule has 11 heteroatoms. The van der Waals surface area contributed by atoms with Crippen molar-refractivity contribution in [2.45, 2.75) is 75.9 Å². The monoisotopic (exact) mass is 525 g/mol. The molecule has 3 heterocycles. The van der Waals surface area contributed by atoms with E-state index in [1.54, 1.807) is 6.07 Å². The summed E-state index contributed by atoms with van der Waals surface area (Å²) in [5.41, 5.74) is 0.879. The largest absolute Gasteiger partial charge is 0.471 e. The maximum Gasteiger partial charge on any atom is 0.278 e. The van der Waals surface area contributed by atoms with Gasteiger partial charge in [0.05, 0.1) is 12.6 Å². The second-order valence-electron chi connectivity index (χ2n) is 10.5. The van der Waals surface area contributed by atoms with Crippen molar-refractivity contribution in [1.29, 1.82) is 0 Å². The van der Waals surface area contributed by atoms with Crippen LogP contribution in [0.3, 0.4) is 0 Å². The molecule has 4 rings (SSSR count). The lowest BCUT2D eigenvalue weighted by Crippen LogP contribution is -2.43. The van der Waals surface area contributed by atoms with Gasteiger partial charge in [0.2, 0.25) is 17.7 Å². The summed E-state index contributed by atoms with van der Waals surface area (Å²) in [4.78, 5) is 18.9. The first-order valence-corrected chi connectivity index (χ1v) is 12.9. The van der Waals surface area contributed by atoms with E-state index in [-0.39, 0.29) is 29.8 Å². The fourth-order valence-corrected chi connectivity index (χ4v) is 5.04. The van der Waals surface area contributed by atoms with Crippen LogP contribution in [-0.2, 0) is 31.1 Å². The fourth-order valence-electron chi connectivity index (χ4n) is 5.04. The van der Waals surface area contributed by atoms with E-state index in [1.807, 2.05) is 6.07 Å². The molecule has 0 radical (unpaired) electrons. The predicted molar refractivity (Wildman–Crippen MR) is 130 cm³/mol. The Morgan fingerprint density at radius 2 is 1.97 bits per heavy atom. The number of hydrogen-bond acceptors (Lipinski definition) is 5. The van der Waals surface area contributed by atoms with E-state index < -0.39 is 24.1 Å². The third-order valence-corrected chi connectivity index (χ3v) is 7.29. The molecule has 1 amide bonds. The number of carbonyl (C=O) groups is 1. The number of aryl methyl sites for hydroxylation is 1.